The number of hydrogen-bond donors (Lipinski definition) is 2. The van der Waals surface area contributed by atoms with Crippen LogP contribution in [-0.4, -0.2) is 12.5 Å². The topological polar surface area (TPSA) is 41.1 Å². The summed E-state index contributed by atoms with van der Waals surface area (Å²) in [5, 5.41) is 5.69. The second kappa shape index (κ2) is 7.04. The minimum absolute atomic E-state index is 0.217. The number of hydrogen-bond acceptors (Lipinski definition) is 2. The van der Waals surface area contributed by atoms with Crippen LogP contribution in [0.4, 0.5) is 14.5 Å². The number of para-hydroxylation sites is 1. The number of nitrogens with one attached hydrogen (secondary N) is 2. The smallest absolute Gasteiger partial charge is 0.239 e. The summed E-state index contributed by atoms with van der Waals surface area (Å²) in [5.41, 5.74) is 0.573. The SMILES string of the molecule is O=C(CNc1c(F)cccc1F)NCc1ccc(Cl)cc1. The molecule has 2 N–H and O–H groups in total. The third-order valence-corrected chi connectivity index (χ3v) is 3.04. The van der Waals surface area contributed by atoms with Gasteiger partial charge in [0.05, 0.1) is 6.54 Å². The molecule has 6 heteroatoms. The lowest BCUT2D eigenvalue weighted by Crippen LogP contribution is -2.29. The molecule has 0 aliphatic rings. The van der Waals surface area contributed by atoms with Gasteiger partial charge in [0.15, 0.2) is 0 Å². The Hall–Kier alpha value is -2.14. The summed E-state index contributed by atoms with van der Waals surface area (Å²) in [5.74, 6) is -1.84. The van der Waals surface area contributed by atoms with E-state index < -0.39 is 11.6 Å². The van der Waals surface area contributed by atoms with Crippen molar-refractivity contribution >= 4 is 23.2 Å². The van der Waals surface area contributed by atoms with Gasteiger partial charge >= 0.3 is 0 Å². The van der Waals surface area contributed by atoms with E-state index in [0.29, 0.717) is 11.6 Å². The van der Waals surface area contributed by atoms with E-state index >= 15 is 0 Å². The highest BCUT2D eigenvalue weighted by Crippen LogP contribution is 2.17. The molecule has 0 heterocycles. The second-order valence-corrected chi connectivity index (χ2v) is 4.79. The van der Waals surface area contributed by atoms with E-state index in [1.807, 2.05) is 0 Å². The fraction of sp³-hybridized carbons (Fsp3) is 0.133. The molecule has 2 rings (SSSR count). The Kier molecular flexibility index (Phi) is 5.11. The maximum absolute atomic E-state index is 13.3. The number of carbonyl (C=O) groups excluding carboxylic acids is 1. The standard InChI is InChI=1S/C15H13ClF2N2O/c16-11-6-4-10(5-7-11)8-19-14(21)9-20-15-12(17)2-1-3-13(15)18/h1-7,20H,8-9H2,(H,19,21). The summed E-state index contributed by atoms with van der Waals surface area (Å²) in [7, 11) is 0. The second-order valence-electron chi connectivity index (χ2n) is 4.35. The Labute approximate surface area is 125 Å². The molecule has 0 spiro atoms. The van der Waals surface area contributed by atoms with E-state index in [-0.39, 0.29) is 18.1 Å². The highest BCUT2D eigenvalue weighted by molar-refractivity contribution is 6.30. The maximum Gasteiger partial charge on any atom is 0.239 e. The number of anilines is 1. The van der Waals surface area contributed by atoms with Gasteiger partial charge in [-0.1, -0.05) is 29.8 Å². The summed E-state index contributed by atoms with van der Waals surface area (Å²) in [6.45, 7) is 0.100. The normalized spacial score (nSPS) is 10.2. The van der Waals surface area contributed by atoms with Crippen LogP contribution in [0.5, 0.6) is 0 Å². The Morgan fingerprint density at radius 2 is 1.67 bits per heavy atom. The number of carbonyl (C=O) groups is 1. The molecule has 0 saturated carbocycles. The van der Waals surface area contributed by atoms with Crippen LogP contribution in [0.3, 0.4) is 0 Å². The van der Waals surface area contributed by atoms with Gasteiger partial charge in [-0.3, -0.25) is 4.79 Å². The third kappa shape index (κ3) is 4.43. The lowest BCUT2D eigenvalue weighted by atomic mass is 10.2. The van der Waals surface area contributed by atoms with Gasteiger partial charge in [-0.05, 0) is 29.8 Å². The molecule has 2 aromatic rings. The number of halogens is 3. The molecular weight excluding hydrogens is 298 g/mol. The van der Waals surface area contributed by atoms with Gasteiger partial charge in [-0.15, -0.1) is 0 Å². The fourth-order valence-corrected chi connectivity index (χ4v) is 1.83. The zero-order valence-corrected chi connectivity index (χ0v) is 11.8. The summed E-state index contributed by atoms with van der Waals surface area (Å²) < 4.78 is 26.7. The van der Waals surface area contributed by atoms with E-state index in [9.17, 15) is 13.6 Å². The quantitative estimate of drug-likeness (QED) is 0.889. The largest absolute Gasteiger partial charge is 0.371 e. The molecule has 0 saturated heterocycles. The van der Waals surface area contributed by atoms with Crippen LogP contribution >= 0.6 is 11.6 Å². The van der Waals surface area contributed by atoms with E-state index in [2.05, 4.69) is 10.6 Å². The Morgan fingerprint density at radius 3 is 2.29 bits per heavy atom. The van der Waals surface area contributed by atoms with Gasteiger partial charge in [0, 0.05) is 11.6 Å². The Bertz CT molecular complexity index is 612. The first-order valence-corrected chi connectivity index (χ1v) is 6.63. The maximum atomic E-state index is 13.3. The molecule has 0 aliphatic carbocycles. The first-order valence-electron chi connectivity index (χ1n) is 6.25. The first kappa shape index (κ1) is 15.3. The Balaban J connectivity index is 1.84. The van der Waals surface area contributed by atoms with Crippen LogP contribution in [0.2, 0.25) is 5.02 Å². The predicted molar refractivity (Wildman–Crippen MR) is 78.1 cm³/mol. The molecule has 110 valence electrons. The molecule has 0 aliphatic heterocycles. The van der Waals surface area contributed by atoms with Crippen LogP contribution < -0.4 is 10.6 Å². The van der Waals surface area contributed by atoms with Gasteiger partial charge in [-0.25, -0.2) is 8.78 Å². The molecule has 21 heavy (non-hydrogen) atoms. The van der Waals surface area contributed by atoms with Crippen LogP contribution in [0, 0.1) is 11.6 Å². The minimum atomic E-state index is -0.736. The van der Waals surface area contributed by atoms with Crippen LogP contribution in [0.25, 0.3) is 0 Å². The molecule has 0 aromatic heterocycles. The van der Waals surface area contributed by atoms with Crippen LogP contribution in [0.1, 0.15) is 5.56 Å². The summed E-state index contributed by atoms with van der Waals surface area (Å²) in [4.78, 5) is 11.6. The minimum Gasteiger partial charge on any atom is -0.371 e. The number of amides is 1. The van der Waals surface area contributed by atoms with Crippen molar-refractivity contribution in [2.75, 3.05) is 11.9 Å². The van der Waals surface area contributed by atoms with Crippen molar-refractivity contribution in [3.63, 3.8) is 0 Å². The molecule has 0 atom stereocenters. The highest BCUT2D eigenvalue weighted by Gasteiger charge is 2.09. The van der Waals surface area contributed by atoms with Crippen molar-refractivity contribution in [2.45, 2.75) is 6.54 Å². The van der Waals surface area contributed by atoms with E-state index in [4.69, 9.17) is 11.6 Å². The molecule has 1 amide bonds. The molecule has 0 bridgehead atoms. The average molecular weight is 311 g/mol. The van der Waals surface area contributed by atoms with Crippen molar-refractivity contribution in [1.29, 1.82) is 0 Å². The molecule has 2 aromatic carbocycles. The molecule has 0 radical (unpaired) electrons. The van der Waals surface area contributed by atoms with E-state index in [0.717, 1.165) is 17.7 Å². The fourth-order valence-electron chi connectivity index (χ4n) is 1.70. The van der Waals surface area contributed by atoms with Gasteiger partial charge < -0.3 is 10.6 Å². The van der Waals surface area contributed by atoms with Gasteiger partial charge in [0.25, 0.3) is 0 Å². The van der Waals surface area contributed by atoms with E-state index in [1.165, 1.54) is 6.07 Å². The molecule has 0 fully saturated rings. The first-order chi connectivity index (χ1) is 10.1. The van der Waals surface area contributed by atoms with Crippen LogP contribution in [-0.2, 0) is 11.3 Å². The van der Waals surface area contributed by atoms with Gasteiger partial charge in [0.1, 0.15) is 17.3 Å². The lowest BCUT2D eigenvalue weighted by Gasteiger charge is -2.09. The summed E-state index contributed by atoms with van der Waals surface area (Å²) in [6, 6.07) is 10.5. The molecule has 0 unspecified atom stereocenters. The molecular formula is C15H13ClF2N2O. The number of rotatable bonds is 5. The van der Waals surface area contributed by atoms with Crippen molar-refractivity contribution in [1.82, 2.24) is 5.32 Å². The highest BCUT2D eigenvalue weighted by atomic mass is 35.5. The molecule has 3 nitrogen and oxygen atoms in total. The van der Waals surface area contributed by atoms with Gasteiger partial charge in [-0.2, -0.15) is 0 Å². The van der Waals surface area contributed by atoms with Crippen molar-refractivity contribution < 1.29 is 13.6 Å². The summed E-state index contributed by atoms with van der Waals surface area (Å²) in [6.07, 6.45) is 0. The van der Waals surface area contributed by atoms with Crippen molar-refractivity contribution in [3.8, 4) is 0 Å². The third-order valence-electron chi connectivity index (χ3n) is 2.79. The van der Waals surface area contributed by atoms with Crippen molar-refractivity contribution in [3.05, 3.63) is 64.7 Å². The van der Waals surface area contributed by atoms with Crippen molar-refractivity contribution in [2.24, 2.45) is 0 Å². The van der Waals surface area contributed by atoms with Gasteiger partial charge in [0.2, 0.25) is 5.91 Å². The monoisotopic (exact) mass is 310 g/mol. The average Bonchev–Trinajstić information content (AvgIpc) is 2.46. The van der Waals surface area contributed by atoms with E-state index in [1.54, 1.807) is 24.3 Å². The Morgan fingerprint density at radius 1 is 1.05 bits per heavy atom. The predicted octanol–water partition coefficient (Wildman–Crippen LogP) is 3.35. The number of benzene rings is 2. The zero-order chi connectivity index (χ0) is 15.2. The summed E-state index contributed by atoms with van der Waals surface area (Å²) >= 11 is 5.75. The van der Waals surface area contributed by atoms with Crippen LogP contribution in [0.15, 0.2) is 42.5 Å². The lowest BCUT2D eigenvalue weighted by molar-refractivity contribution is -0.119. The zero-order valence-electron chi connectivity index (χ0n) is 11.0.